The molecular weight excluding hydrogens is 374 g/mol. The normalized spacial score (nSPS) is 18.0. The Balaban J connectivity index is 1.26. The first-order valence-corrected chi connectivity index (χ1v) is 11.0. The second kappa shape index (κ2) is 8.31. The van der Waals surface area contributed by atoms with Gasteiger partial charge in [0.15, 0.2) is 4.34 Å². The number of anilines is 1. The number of thioether (sulfide) groups is 1. The smallest absolute Gasteiger partial charge is 0.233 e. The Kier molecular flexibility index (Phi) is 5.64. The minimum absolute atomic E-state index is 0.0948. The molecule has 2 atom stereocenters. The summed E-state index contributed by atoms with van der Waals surface area (Å²) in [6.45, 7) is 4.76. The molecule has 2 aromatic carbocycles. The molecule has 2 unspecified atom stereocenters. The summed E-state index contributed by atoms with van der Waals surface area (Å²) >= 11 is 3.19. The number of hydrogen-bond donors (Lipinski definition) is 1. The molecule has 3 aromatic rings. The Morgan fingerprint density at radius 3 is 2.85 bits per heavy atom. The van der Waals surface area contributed by atoms with Crippen molar-refractivity contribution < 1.29 is 4.79 Å². The predicted molar refractivity (Wildman–Crippen MR) is 115 cm³/mol. The number of rotatable bonds is 6. The van der Waals surface area contributed by atoms with Crippen molar-refractivity contribution in [1.82, 2.24) is 10.3 Å². The van der Waals surface area contributed by atoms with Crippen LogP contribution in [-0.4, -0.2) is 35.8 Å². The average molecular weight is 398 g/mol. The summed E-state index contributed by atoms with van der Waals surface area (Å²) in [7, 11) is 0. The van der Waals surface area contributed by atoms with E-state index >= 15 is 0 Å². The number of nitrogens with one attached hydrogen (secondary N) is 1. The van der Waals surface area contributed by atoms with Gasteiger partial charge < -0.3 is 10.2 Å². The predicted octanol–water partition coefficient (Wildman–Crippen LogP) is 4.42. The van der Waals surface area contributed by atoms with Crippen LogP contribution in [0.5, 0.6) is 0 Å². The second-order valence-electron chi connectivity index (χ2n) is 6.89. The molecule has 1 amide bonds. The maximum atomic E-state index is 12.5. The first-order valence-electron chi connectivity index (χ1n) is 9.29. The van der Waals surface area contributed by atoms with E-state index in [-0.39, 0.29) is 11.2 Å². The molecule has 0 aliphatic carbocycles. The summed E-state index contributed by atoms with van der Waals surface area (Å²) < 4.78 is 2.12. The number of fused-ring (bicyclic) bond motifs is 1. The number of para-hydroxylation sites is 2. The van der Waals surface area contributed by atoms with Crippen molar-refractivity contribution in [1.29, 1.82) is 0 Å². The molecular formula is C21H23N3OS2. The van der Waals surface area contributed by atoms with Crippen molar-refractivity contribution >= 4 is 44.9 Å². The maximum Gasteiger partial charge on any atom is 0.233 e. The minimum atomic E-state index is -0.141. The third-order valence-electron chi connectivity index (χ3n) is 4.89. The quantitative estimate of drug-likeness (QED) is 0.626. The highest BCUT2D eigenvalue weighted by Crippen LogP contribution is 2.32. The zero-order chi connectivity index (χ0) is 18.6. The fourth-order valence-corrected chi connectivity index (χ4v) is 5.60. The number of thiazole rings is 1. The zero-order valence-electron chi connectivity index (χ0n) is 15.3. The highest BCUT2D eigenvalue weighted by molar-refractivity contribution is 8.02. The van der Waals surface area contributed by atoms with Gasteiger partial charge in [0.1, 0.15) is 0 Å². The molecule has 1 saturated heterocycles. The summed E-state index contributed by atoms with van der Waals surface area (Å²) in [6.07, 6.45) is 1.12. The van der Waals surface area contributed by atoms with Gasteiger partial charge in [-0.3, -0.25) is 4.79 Å². The van der Waals surface area contributed by atoms with Gasteiger partial charge in [0.05, 0.1) is 15.5 Å². The summed E-state index contributed by atoms with van der Waals surface area (Å²) in [5.74, 6) is 0.603. The van der Waals surface area contributed by atoms with E-state index in [9.17, 15) is 4.79 Å². The van der Waals surface area contributed by atoms with E-state index in [0.29, 0.717) is 5.92 Å². The Bertz CT molecular complexity index is 879. The molecule has 1 N–H and O–H groups in total. The monoisotopic (exact) mass is 397 g/mol. The van der Waals surface area contributed by atoms with Gasteiger partial charge in [-0.2, -0.15) is 0 Å². The molecule has 27 heavy (non-hydrogen) atoms. The molecule has 1 fully saturated rings. The maximum absolute atomic E-state index is 12.5. The molecule has 0 saturated carbocycles. The molecule has 6 heteroatoms. The number of nitrogens with zero attached hydrogens (tertiary/aromatic N) is 2. The lowest BCUT2D eigenvalue weighted by Crippen LogP contribution is -2.35. The second-order valence-corrected chi connectivity index (χ2v) is 9.51. The van der Waals surface area contributed by atoms with E-state index < -0.39 is 0 Å². The summed E-state index contributed by atoms with van der Waals surface area (Å²) in [5.41, 5.74) is 2.27. The standard InChI is InChI=1S/C21H23N3OS2/c1-15(26-21-23-18-9-5-6-10-19(18)27-21)20(25)22-13-16-11-12-24(14-16)17-7-3-2-4-8-17/h2-10,15-16H,11-14H2,1H3,(H,22,25). The SMILES string of the molecule is CC(Sc1nc2ccccc2s1)C(=O)NCC1CCN(c2ccccc2)C1. The third kappa shape index (κ3) is 4.45. The lowest BCUT2D eigenvalue weighted by molar-refractivity contribution is -0.120. The number of hydrogen-bond acceptors (Lipinski definition) is 5. The Labute approximate surface area is 168 Å². The zero-order valence-corrected chi connectivity index (χ0v) is 16.9. The number of carbonyl (C=O) groups excluding carboxylic acids is 1. The lowest BCUT2D eigenvalue weighted by atomic mass is 10.1. The first kappa shape index (κ1) is 18.3. The van der Waals surface area contributed by atoms with Gasteiger partial charge in [-0.15, -0.1) is 11.3 Å². The van der Waals surface area contributed by atoms with Crippen LogP contribution in [0.4, 0.5) is 5.69 Å². The highest BCUT2D eigenvalue weighted by atomic mass is 32.2. The third-order valence-corrected chi connectivity index (χ3v) is 7.12. The van der Waals surface area contributed by atoms with Gasteiger partial charge in [0.2, 0.25) is 5.91 Å². The molecule has 1 aliphatic heterocycles. The van der Waals surface area contributed by atoms with Gasteiger partial charge in [-0.05, 0) is 43.5 Å². The summed E-state index contributed by atoms with van der Waals surface area (Å²) in [4.78, 5) is 19.5. The number of carbonyl (C=O) groups is 1. The molecule has 0 bridgehead atoms. The van der Waals surface area contributed by atoms with E-state index in [2.05, 4.69) is 45.5 Å². The van der Waals surface area contributed by atoms with Gasteiger partial charge in [-0.1, -0.05) is 42.1 Å². The van der Waals surface area contributed by atoms with Gasteiger partial charge in [0.25, 0.3) is 0 Å². The molecule has 0 spiro atoms. The molecule has 1 aliphatic rings. The molecule has 1 aromatic heterocycles. The van der Waals surface area contributed by atoms with E-state index in [1.807, 2.05) is 31.2 Å². The van der Waals surface area contributed by atoms with Crippen LogP contribution in [0, 0.1) is 5.92 Å². The van der Waals surface area contributed by atoms with Crippen LogP contribution in [0.25, 0.3) is 10.2 Å². The van der Waals surface area contributed by atoms with E-state index in [4.69, 9.17) is 0 Å². The molecule has 4 nitrogen and oxygen atoms in total. The summed E-state index contributed by atoms with van der Waals surface area (Å²) in [6, 6.07) is 18.6. The topological polar surface area (TPSA) is 45.2 Å². The fourth-order valence-electron chi connectivity index (χ4n) is 3.37. The van der Waals surface area contributed by atoms with Crippen molar-refractivity contribution in [3.05, 3.63) is 54.6 Å². The minimum Gasteiger partial charge on any atom is -0.371 e. The van der Waals surface area contributed by atoms with E-state index in [0.717, 1.165) is 35.9 Å². The van der Waals surface area contributed by atoms with Crippen molar-refractivity contribution in [2.75, 3.05) is 24.5 Å². The van der Waals surface area contributed by atoms with Gasteiger partial charge in [-0.25, -0.2) is 4.98 Å². The van der Waals surface area contributed by atoms with Crippen molar-refractivity contribution in [2.45, 2.75) is 22.9 Å². The van der Waals surface area contributed by atoms with Crippen LogP contribution >= 0.6 is 23.1 Å². The molecule has 0 radical (unpaired) electrons. The Hall–Kier alpha value is -2.05. The summed E-state index contributed by atoms with van der Waals surface area (Å²) in [5, 5.41) is 3.00. The lowest BCUT2D eigenvalue weighted by Gasteiger charge is -2.19. The Morgan fingerprint density at radius 2 is 2.04 bits per heavy atom. The van der Waals surface area contributed by atoms with Crippen molar-refractivity contribution in [3.8, 4) is 0 Å². The van der Waals surface area contributed by atoms with Crippen LogP contribution in [0.15, 0.2) is 58.9 Å². The molecule has 4 rings (SSSR count). The largest absolute Gasteiger partial charge is 0.371 e. The van der Waals surface area contributed by atoms with Gasteiger partial charge in [0, 0.05) is 25.3 Å². The van der Waals surface area contributed by atoms with Crippen LogP contribution in [-0.2, 0) is 4.79 Å². The number of benzene rings is 2. The van der Waals surface area contributed by atoms with Crippen LogP contribution < -0.4 is 10.2 Å². The number of aromatic nitrogens is 1. The molecule has 2 heterocycles. The van der Waals surface area contributed by atoms with Crippen LogP contribution in [0.3, 0.4) is 0 Å². The molecule has 140 valence electrons. The average Bonchev–Trinajstić information content (AvgIpc) is 3.33. The highest BCUT2D eigenvalue weighted by Gasteiger charge is 2.24. The van der Waals surface area contributed by atoms with Crippen molar-refractivity contribution in [2.24, 2.45) is 5.92 Å². The van der Waals surface area contributed by atoms with E-state index in [1.54, 1.807) is 23.1 Å². The Morgan fingerprint density at radius 1 is 1.26 bits per heavy atom. The fraction of sp³-hybridized carbons (Fsp3) is 0.333. The van der Waals surface area contributed by atoms with Crippen molar-refractivity contribution in [3.63, 3.8) is 0 Å². The number of amides is 1. The van der Waals surface area contributed by atoms with E-state index in [1.165, 1.54) is 10.4 Å². The van der Waals surface area contributed by atoms with Crippen LogP contribution in [0.2, 0.25) is 0 Å². The van der Waals surface area contributed by atoms with Gasteiger partial charge >= 0.3 is 0 Å². The first-order chi connectivity index (χ1) is 13.2. The van der Waals surface area contributed by atoms with Crippen LogP contribution in [0.1, 0.15) is 13.3 Å².